The molecule has 1 heteroatoms. The van der Waals surface area contributed by atoms with Crippen LogP contribution in [0, 0.1) is 6.92 Å². The average Bonchev–Trinajstić information content (AvgIpc) is 2.87. The molecule has 4 aromatic rings. The number of rotatable bonds is 5. The molecule has 5 rings (SSSR count). The predicted molar refractivity (Wildman–Crippen MR) is 138 cm³/mol. The van der Waals surface area contributed by atoms with Crippen LogP contribution in [0.5, 0.6) is 0 Å². The van der Waals surface area contributed by atoms with Crippen LogP contribution in [0.1, 0.15) is 36.8 Å². The Bertz CT molecular complexity index is 1180. The Morgan fingerprint density at radius 1 is 0.531 bits per heavy atom. The lowest BCUT2D eigenvalue weighted by Crippen LogP contribution is -2.10. The molecule has 1 nitrogen and oxygen atoms in total. The summed E-state index contributed by atoms with van der Waals surface area (Å²) >= 11 is 0. The maximum atomic E-state index is 2.42. The van der Waals surface area contributed by atoms with Crippen molar-refractivity contribution in [2.24, 2.45) is 0 Å². The maximum Gasteiger partial charge on any atom is 0.0462 e. The van der Waals surface area contributed by atoms with Gasteiger partial charge in [0.25, 0.3) is 0 Å². The topological polar surface area (TPSA) is 3.24 Å². The van der Waals surface area contributed by atoms with Gasteiger partial charge >= 0.3 is 0 Å². The first kappa shape index (κ1) is 20.3. The smallest absolute Gasteiger partial charge is 0.0462 e. The van der Waals surface area contributed by atoms with Crippen LogP contribution in [0.4, 0.5) is 17.1 Å². The van der Waals surface area contributed by atoms with Gasteiger partial charge in [-0.05, 0) is 91.3 Å². The Hall–Kier alpha value is -3.58. The van der Waals surface area contributed by atoms with E-state index in [1.807, 2.05) is 0 Å². The summed E-state index contributed by atoms with van der Waals surface area (Å²) in [7, 11) is 0. The van der Waals surface area contributed by atoms with E-state index in [0.29, 0.717) is 0 Å². The third-order valence-corrected chi connectivity index (χ3v) is 6.31. The van der Waals surface area contributed by atoms with Crippen LogP contribution in [0.15, 0.2) is 109 Å². The summed E-state index contributed by atoms with van der Waals surface area (Å²) in [6, 6.07) is 37.3. The van der Waals surface area contributed by atoms with Gasteiger partial charge in [0.05, 0.1) is 0 Å². The Morgan fingerprint density at radius 2 is 1.06 bits per heavy atom. The second-order valence-corrected chi connectivity index (χ2v) is 8.61. The summed E-state index contributed by atoms with van der Waals surface area (Å²) in [5, 5.41) is 0. The molecule has 0 fully saturated rings. The predicted octanol–water partition coefficient (Wildman–Crippen LogP) is 9.09. The fraction of sp³-hybridized carbons (Fsp3) is 0.161. The van der Waals surface area contributed by atoms with E-state index in [2.05, 4.69) is 121 Å². The normalized spacial score (nSPS) is 13.5. The molecule has 32 heavy (non-hydrogen) atoms. The third-order valence-electron chi connectivity index (χ3n) is 6.31. The molecular formula is C31H29N. The van der Waals surface area contributed by atoms with E-state index >= 15 is 0 Å². The summed E-state index contributed by atoms with van der Waals surface area (Å²) < 4.78 is 0. The van der Waals surface area contributed by atoms with E-state index in [0.717, 1.165) is 5.69 Å². The van der Waals surface area contributed by atoms with Crippen molar-refractivity contribution >= 4 is 22.6 Å². The fourth-order valence-corrected chi connectivity index (χ4v) is 4.50. The van der Waals surface area contributed by atoms with Crippen molar-refractivity contribution < 1.29 is 0 Å². The van der Waals surface area contributed by atoms with Gasteiger partial charge in [-0.1, -0.05) is 78.4 Å². The van der Waals surface area contributed by atoms with Gasteiger partial charge in [-0.2, -0.15) is 0 Å². The Kier molecular flexibility index (Phi) is 5.89. The first-order valence-corrected chi connectivity index (χ1v) is 11.6. The maximum absolute atomic E-state index is 2.42. The Morgan fingerprint density at radius 3 is 1.62 bits per heavy atom. The molecule has 0 aromatic heterocycles. The van der Waals surface area contributed by atoms with Crippen molar-refractivity contribution in [3.05, 3.63) is 120 Å². The molecule has 0 saturated heterocycles. The Labute approximate surface area is 191 Å². The van der Waals surface area contributed by atoms with Crippen LogP contribution in [0.25, 0.3) is 16.7 Å². The number of benzene rings is 4. The van der Waals surface area contributed by atoms with E-state index < -0.39 is 0 Å². The molecule has 1 aliphatic rings. The van der Waals surface area contributed by atoms with Crippen molar-refractivity contribution in [3.63, 3.8) is 0 Å². The van der Waals surface area contributed by atoms with E-state index in [-0.39, 0.29) is 0 Å². The van der Waals surface area contributed by atoms with Crippen LogP contribution in [-0.2, 0) is 0 Å². The SMILES string of the molecule is Cc1ccc(N(c2ccc(C3=CCCCC3)cc2)c2ccc(-c3ccccc3)cc2)cc1. The highest BCUT2D eigenvalue weighted by Gasteiger charge is 2.14. The summed E-state index contributed by atoms with van der Waals surface area (Å²) in [5.74, 6) is 0. The van der Waals surface area contributed by atoms with Gasteiger partial charge in [0, 0.05) is 17.1 Å². The van der Waals surface area contributed by atoms with E-state index in [1.165, 1.54) is 64.9 Å². The number of nitrogens with zero attached hydrogens (tertiary/aromatic N) is 1. The zero-order chi connectivity index (χ0) is 21.8. The second-order valence-electron chi connectivity index (χ2n) is 8.61. The molecule has 4 aromatic carbocycles. The number of hydrogen-bond donors (Lipinski definition) is 0. The van der Waals surface area contributed by atoms with Crippen molar-refractivity contribution in [1.29, 1.82) is 0 Å². The van der Waals surface area contributed by atoms with Crippen LogP contribution in [-0.4, -0.2) is 0 Å². The van der Waals surface area contributed by atoms with Crippen molar-refractivity contribution in [1.82, 2.24) is 0 Å². The summed E-state index contributed by atoms with van der Waals surface area (Å²) in [4.78, 5) is 2.34. The molecule has 0 unspecified atom stereocenters. The molecule has 0 radical (unpaired) electrons. The molecule has 0 atom stereocenters. The van der Waals surface area contributed by atoms with E-state index in [4.69, 9.17) is 0 Å². The molecule has 0 spiro atoms. The van der Waals surface area contributed by atoms with Gasteiger partial charge in [0.15, 0.2) is 0 Å². The third kappa shape index (κ3) is 4.38. The molecule has 0 bridgehead atoms. The van der Waals surface area contributed by atoms with Gasteiger partial charge in [-0.3, -0.25) is 0 Å². The lowest BCUT2D eigenvalue weighted by molar-refractivity contribution is 0.742. The molecule has 0 heterocycles. The highest BCUT2D eigenvalue weighted by Crippen LogP contribution is 2.37. The lowest BCUT2D eigenvalue weighted by atomic mass is 9.93. The van der Waals surface area contributed by atoms with Gasteiger partial charge in [-0.15, -0.1) is 0 Å². The summed E-state index contributed by atoms with van der Waals surface area (Å²) in [6.45, 7) is 2.13. The molecule has 0 amide bonds. The molecule has 0 aliphatic heterocycles. The minimum atomic E-state index is 1.16. The highest BCUT2D eigenvalue weighted by molar-refractivity contribution is 5.79. The quantitative estimate of drug-likeness (QED) is 0.314. The zero-order valence-electron chi connectivity index (χ0n) is 18.7. The van der Waals surface area contributed by atoms with E-state index in [9.17, 15) is 0 Å². The van der Waals surface area contributed by atoms with Crippen molar-refractivity contribution in [3.8, 4) is 11.1 Å². The van der Waals surface area contributed by atoms with Crippen molar-refractivity contribution in [2.45, 2.75) is 32.6 Å². The number of aryl methyl sites for hydroxylation is 1. The van der Waals surface area contributed by atoms with E-state index in [1.54, 1.807) is 0 Å². The first-order valence-electron chi connectivity index (χ1n) is 11.6. The summed E-state index contributed by atoms with van der Waals surface area (Å²) in [6.07, 6.45) is 7.44. The van der Waals surface area contributed by atoms with Crippen LogP contribution in [0.2, 0.25) is 0 Å². The fourth-order valence-electron chi connectivity index (χ4n) is 4.50. The highest BCUT2D eigenvalue weighted by atomic mass is 15.1. The number of hydrogen-bond acceptors (Lipinski definition) is 1. The average molecular weight is 416 g/mol. The van der Waals surface area contributed by atoms with Crippen LogP contribution < -0.4 is 4.90 Å². The zero-order valence-corrected chi connectivity index (χ0v) is 18.7. The number of anilines is 3. The van der Waals surface area contributed by atoms with Crippen LogP contribution in [0.3, 0.4) is 0 Å². The molecule has 0 N–H and O–H groups in total. The molecule has 0 saturated carbocycles. The number of allylic oxidation sites excluding steroid dienone is 2. The molecule has 158 valence electrons. The second kappa shape index (κ2) is 9.28. The first-order chi connectivity index (χ1) is 15.8. The van der Waals surface area contributed by atoms with Gasteiger partial charge in [0.2, 0.25) is 0 Å². The largest absolute Gasteiger partial charge is 0.311 e. The van der Waals surface area contributed by atoms with Crippen LogP contribution >= 0.6 is 0 Å². The van der Waals surface area contributed by atoms with Gasteiger partial charge in [-0.25, -0.2) is 0 Å². The Balaban J connectivity index is 1.51. The minimum Gasteiger partial charge on any atom is -0.311 e. The lowest BCUT2D eigenvalue weighted by Gasteiger charge is -2.26. The standard InChI is InChI=1S/C31H29N/c1-24-12-18-29(19-13-24)32(30-20-14-27(15-21-30)25-8-4-2-5-9-25)31-22-16-28(17-23-31)26-10-6-3-7-11-26/h2,4-5,8-10,12-23H,3,6-7,11H2,1H3. The van der Waals surface area contributed by atoms with Crippen molar-refractivity contribution in [2.75, 3.05) is 4.90 Å². The minimum absolute atomic E-state index is 1.16. The summed E-state index contributed by atoms with van der Waals surface area (Å²) in [5.41, 5.74) is 10.1. The van der Waals surface area contributed by atoms with Gasteiger partial charge in [0.1, 0.15) is 0 Å². The monoisotopic (exact) mass is 415 g/mol. The molecular weight excluding hydrogens is 386 g/mol. The van der Waals surface area contributed by atoms with Gasteiger partial charge < -0.3 is 4.90 Å². The molecule has 1 aliphatic carbocycles.